The van der Waals surface area contributed by atoms with Crippen LogP contribution in [0.2, 0.25) is 0 Å². The van der Waals surface area contributed by atoms with Crippen molar-refractivity contribution in [3.8, 4) is 5.75 Å². The minimum Gasteiger partial charge on any atom is -0.488 e. The van der Waals surface area contributed by atoms with E-state index in [1.54, 1.807) is 0 Å². The molecule has 0 aliphatic rings. The maximum atomic E-state index is 13.4. The Morgan fingerprint density at radius 3 is 2.61 bits per heavy atom. The van der Waals surface area contributed by atoms with Gasteiger partial charge in [-0.1, -0.05) is 6.92 Å². The standard InChI is InChI=1S/C14H21F2NO/c1-4-7-17-10(2)8-11(3)18-14-6-5-12(15)9-13(14)16/h5-6,9-11,17H,4,7-8H2,1-3H3. The molecule has 0 radical (unpaired) electrons. The normalized spacial score (nSPS) is 14.3. The first kappa shape index (κ1) is 14.9. The van der Waals surface area contributed by atoms with Gasteiger partial charge in [0.1, 0.15) is 5.82 Å². The minimum atomic E-state index is -0.656. The summed E-state index contributed by atoms with van der Waals surface area (Å²) in [6.07, 6.45) is 1.73. The van der Waals surface area contributed by atoms with E-state index in [-0.39, 0.29) is 11.9 Å². The van der Waals surface area contributed by atoms with Gasteiger partial charge in [0.25, 0.3) is 0 Å². The molecule has 0 heterocycles. The molecule has 102 valence electrons. The number of halogens is 2. The van der Waals surface area contributed by atoms with Crippen molar-refractivity contribution in [2.75, 3.05) is 6.54 Å². The van der Waals surface area contributed by atoms with Crippen LogP contribution in [0.1, 0.15) is 33.6 Å². The Labute approximate surface area is 107 Å². The molecule has 4 heteroatoms. The van der Waals surface area contributed by atoms with Crippen LogP contribution in [0.5, 0.6) is 5.75 Å². The molecule has 0 saturated heterocycles. The van der Waals surface area contributed by atoms with Crippen LogP contribution in [0, 0.1) is 11.6 Å². The van der Waals surface area contributed by atoms with Gasteiger partial charge in [-0.25, -0.2) is 8.78 Å². The predicted molar refractivity (Wildman–Crippen MR) is 68.8 cm³/mol. The summed E-state index contributed by atoms with van der Waals surface area (Å²) in [4.78, 5) is 0. The van der Waals surface area contributed by atoms with E-state index < -0.39 is 11.6 Å². The van der Waals surface area contributed by atoms with Gasteiger partial charge in [-0.15, -0.1) is 0 Å². The summed E-state index contributed by atoms with van der Waals surface area (Å²) in [5.41, 5.74) is 0. The van der Waals surface area contributed by atoms with E-state index in [0.29, 0.717) is 6.04 Å². The summed E-state index contributed by atoms with van der Waals surface area (Å²) >= 11 is 0. The highest BCUT2D eigenvalue weighted by molar-refractivity contribution is 5.24. The molecule has 0 aliphatic heterocycles. The molecule has 2 nitrogen and oxygen atoms in total. The van der Waals surface area contributed by atoms with E-state index in [0.717, 1.165) is 25.5 Å². The van der Waals surface area contributed by atoms with Crippen molar-refractivity contribution in [3.05, 3.63) is 29.8 Å². The fourth-order valence-electron chi connectivity index (χ4n) is 1.81. The molecule has 0 saturated carbocycles. The van der Waals surface area contributed by atoms with Gasteiger partial charge in [0.15, 0.2) is 11.6 Å². The van der Waals surface area contributed by atoms with Gasteiger partial charge in [-0.3, -0.25) is 0 Å². The average Bonchev–Trinajstić information content (AvgIpc) is 2.30. The summed E-state index contributed by atoms with van der Waals surface area (Å²) in [6, 6.07) is 3.67. The van der Waals surface area contributed by atoms with E-state index in [1.165, 1.54) is 12.1 Å². The van der Waals surface area contributed by atoms with Gasteiger partial charge in [-0.2, -0.15) is 0 Å². The monoisotopic (exact) mass is 257 g/mol. The third kappa shape index (κ3) is 5.00. The topological polar surface area (TPSA) is 21.3 Å². The number of nitrogens with one attached hydrogen (secondary N) is 1. The van der Waals surface area contributed by atoms with Crippen LogP contribution in [-0.2, 0) is 0 Å². The predicted octanol–water partition coefficient (Wildman–Crippen LogP) is 3.51. The lowest BCUT2D eigenvalue weighted by Gasteiger charge is -2.20. The van der Waals surface area contributed by atoms with E-state index >= 15 is 0 Å². The van der Waals surface area contributed by atoms with Crippen molar-refractivity contribution < 1.29 is 13.5 Å². The minimum absolute atomic E-state index is 0.103. The van der Waals surface area contributed by atoms with Crippen LogP contribution >= 0.6 is 0 Å². The van der Waals surface area contributed by atoms with Crippen molar-refractivity contribution in [1.82, 2.24) is 5.32 Å². The first-order chi connectivity index (χ1) is 8.52. The zero-order chi connectivity index (χ0) is 13.5. The molecular weight excluding hydrogens is 236 g/mol. The Bertz CT molecular complexity index is 371. The molecule has 0 spiro atoms. The lowest BCUT2D eigenvalue weighted by atomic mass is 10.1. The van der Waals surface area contributed by atoms with Crippen LogP contribution in [0.4, 0.5) is 8.78 Å². The van der Waals surface area contributed by atoms with E-state index in [9.17, 15) is 8.78 Å². The second kappa shape index (κ2) is 7.31. The van der Waals surface area contributed by atoms with Crippen LogP contribution in [0.25, 0.3) is 0 Å². The lowest BCUT2D eigenvalue weighted by molar-refractivity contribution is 0.187. The Kier molecular flexibility index (Phi) is 6.05. The lowest BCUT2D eigenvalue weighted by Crippen LogP contribution is -2.31. The van der Waals surface area contributed by atoms with Gasteiger partial charge in [-0.05, 0) is 45.4 Å². The second-order valence-corrected chi connectivity index (χ2v) is 4.59. The summed E-state index contributed by atoms with van der Waals surface area (Å²) in [5, 5.41) is 3.34. The Morgan fingerprint density at radius 1 is 1.28 bits per heavy atom. The molecule has 0 fully saturated rings. The largest absolute Gasteiger partial charge is 0.488 e. The Balaban J connectivity index is 2.46. The van der Waals surface area contributed by atoms with Crippen molar-refractivity contribution in [2.24, 2.45) is 0 Å². The molecule has 0 bridgehead atoms. The molecule has 18 heavy (non-hydrogen) atoms. The molecule has 1 N–H and O–H groups in total. The van der Waals surface area contributed by atoms with Gasteiger partial charge in [0.2, 0.25) is 0 Å². The number of ether oxygens (including phenoxy) is 1. The molecule has 0 aromatic heterocycles. The molecule has 1 aromatic carbocycles. The Morgan fingerprint density at radius 2 is 2.00 bits per heavy atom. The summed E-state index contributed by atoms with van der Waals surface area (Å²) in [7, 11) is 0. The summed E-state index contributed by atoms with van der Waals surface area (Å²) in [6.45, 7) is 7.01. The SMILES string of the molecule is CCCNC(C)CC(C)Oc1ccc(F)cc1F. The molecule has 0 amide bonds. The van der Waals surface area contributed by atoms with Gasteiger partial charge in [0.05, 0.1) is 6.10 Å². The van der Waals surface area contributed by atoms with E-state index in [4.69, 9.17) is 4.74 Å². The molecule has 1 rings (SSSR count). The van der Waals surface area contributed by atoms with Gasteiger partial charge in [0, 0.05) is 12.1 Å². The quantitative estimate of drug-likeness (QED) is 0.807. The van der Waals surface area contributed by atoms with Crippen LogP contribution in [0.15, 0.2) is 18.2 Å². The first-order valence-electron chi connectivity index (χ1n) is 6.38. The van der Waals surface area contributed by atoms with Gasteiger partial charge >= 0.3 is 0 Å². The zero-order valence-corrected chi connectivity index (χ0v) is 11.2. The number of rotatable bonds is 7. The van der Waals surface area contributed by atoms with Crippen LogP contribution in [-0.4, -0.2) is 18.7 Å². The second-order valence-electron chi connectivity index (χ2n) is 4.59. The van der Waals surface area contributed by atoms with Crippen molar-refractivity contribution in [3.63, 3.8) is 0 Å². The van der Waals surface area contributed by atoms with Crippen molar-refractivity contribution >= 4 is 0 Å². The highest BCUT2D eigenvalue weighted by Crippen LogP contribution is 2.20. The number of benzene rings is 1. The maximum Gasteiger partial charge on any atom is 0.167 e. The zero-order valence-electron chi connectivity index (χ0n) is 11.2. The highest BCUT2D eigenvalue weighted by atomic mass is 19.1. The third-order valence-electron chi connectivity index (χ3n) is 2.65. The van der Waals surface area contributed by atoms with Crippen molar-refractivity contribution in [2.45, 2.75) is 45.8 Å². The van der Waals surface area contributed by atoms with Crippen LogP contribution < -0.4 is 10.1 Å². The molecule has 2 atom stereocenters. The molecule has 2 unspecified atom stereocenters. The van der Waals surface area contributed by atoms with E-state index in [2.05, 4.69) is 19.2 Å². The maximum absolute atomic E-state index is 13.4. The van der Waals surface area contributed by atoms with Crippen LogP contribution in [0.3, 0.4) is 0 Å². The molecule has 0 aliphatic carbocycles. The highest BCUT2D eigenvalue weighted by Gasteiger charge is 2.12. The molecule has 1 aromatic rings. The average molecular weight is 257 g/mol. The first-order valence-corrected chi connectivity index (χ1v) is 6.38. The number of hydrogen-bond donors (Lipinski definition) is 1. The van der Waals surface area contributed by atoms with Crippen molar-refractivity contribution in [1.29, 1.82) is 0 Å². The molecular formula is C14H21F2NO. The fourth-order valence-corrected chi connectivity index (χ4v) is 1.81. The van der Waals surface area contributed by atoms with E-state index in [1.807, 2.05) is 6.92 Å². The third-order valence-corrected chi connectivity index (χ3v) is 2.65. The fraction of sp³-hybridized carbons (Fsp3) is 0.571. The number of hydrogen-bond acceptors (Lipinski definition) is 2. The Hall–Kier alpha value is -1.16. The summed E-state index contributed by atoms with van der Waals surface area (Å²) in [5.74, 6) is -1.15. The smallest absolute Gasteiger partial charge is 0.167 e. The van der Waals surface area contributed by atoms with Gasteiger partial charge < -0.3 is 10.1 Å². The summed E-state index contributed by atoms with van der Waals surface area (Å²) < 4.78 is 31.6.